The van der Waals surface area contributed by atoms with Crippen LogP contribution in [0.1, 0.15) is 25.0 Å². The van der Waals surface area contributed by atoms with E-state index in [1.54, 1.807) is 0 Å². The topological polar surface area (TPSA) is 32.3 Å². The van der Waals surface area contributed by atoms with Crippen molar-refractivity contribution < 1.29 is 5.21 Å². The quantitative estimate of drug-likeness (QED) is 0.663. The molecule has 0 radical (unpaired) electrons. The van der Waals surface area contributed by atoms with Crippen molar-refractivity contribution in [2.75, 3.05) is 0 Å². The highest BCUT2D eigenvalue weighted by Crippen LogP contribution is 2.05. The summed E-state index contributed by atoms with van der Waals surface area (Å²) in [6.07, 6.45) is 0. The number of hydrogen-bond donors (Lipinski definition) is 2. The minimum Gasteiger partial charge on any atom is -0.316 e. The Morgan fingerprint density at radius 3 is 2.33 bits per heavy atom. The zero-order valence-electron chi connectivity index (χ0n) is 7.96. The molecule has 0 aliphatic carbocycles. The van der Waals surface area contributed by atoms with Crippen molar-refractivity contribution in [1.29, 1.82) is 0 Å². The minimum absolute atomic E-state index is 0.521. The van der Waals surface area contributed by atoms with Gasteiger partial charge < -0.3 is 5.21 Å². The summed E-state index contributed by atoms with van der Waals surface area (Å²) in [6, 6.07) is 7.95. The van der Waals surface area contributed by atoms with E-state index in [0.29, 0.717) is 6.54 Å². The average molecular weight is 167 g/mol. The fraction of sp³-hybridized carbons (Fsp3) is 0.400. The van der Waals surface area contributed by atoms with Gasteiger partial charge >= 0.3 is 0 Å². The maximum atomic E-state index is 8.39. The lowest BCUT2D eigenvalue weighted by molar-refractivity contribution is 0.161. The van der Waals surface area contributed by atoms with Gasteiger partial charge in [0.2, 0.25) is 0 Å². The van der Waals surface area contributed by atoms with Crippen LogP contribution in [0.5, 0.6) is 0 Å². The van der Waals surface area contributed by atoms with Crippen LogP contribution in [0, 0.1) is 6.92 Å². The van der Waals surface area contributed by atoms with Crippen LogP contribution in [0.25, 0.3) is 0 Å². The summed E-state index contributed by atoms with van der Waals surface area (Å²) in [4.78, 5) is 0. The van der Waals surface area contributed by atoms with E-state index in [0.717, 1.165) is 5.56 Å². The van der Waals surface area contributed by atoms with Crippen LogP contribution in [0.4, 0.5) is 0 Å². The van der Waals surface area contributed by atoms with E-state index in [1.807, 2.05) is 45.0 Å². The monoisotopic (exact) mass is 167 g/mol. The predicted octanol–water partition coefficient (Wildman–Crippen LogP) is 2.50. The average Bonchev–Trinajstić information content (AvgIpc) is 2.13. The third-order valence-corrected chi connectivity index (χ3v) is 1.53. The molecule has 0 unspecified atom stereocenters. The standard InChI is InChI=1S/C8H11NO.C2H6/c1-7-4-2-3-5-8(7)6-9-10;1-2/h2-5,9-10H,6H2,1H3;1-2H3. The molecule has 1 aromatic rings. The Labute approximate surface area is 74.2 Å². The number of rotatable bonds is 2. The number of nitrogens with one attached hydrogen (secondary N) is 1. The van der Waals surface area contributed by atoms with Crippen LogP contribution in [-0.4, -0.2) is 5.21 Å². The van der Waals surface area contributed by atoms with Crippen LogP contribution in [0.2, 0.25) is 0 Å². The first-order chi connectivity index (χ1) is 5.84. The van der Waals surface area contributed by atoms with E-state index in [2.05, 4.69) is 5.48 Å². The molecular formula is C10H17NO. The second kappa shape index (κ2) is 6.83. The highest BCUT2D eigenvalue weighted by Gasteiger charge is 1.92. The van der Waals surface area contributed by atoms with E-state index in [1.165, 1.54) is 5.56 Å². The number of hydrogen-bond acceptors (Lipinski definition) is 2. The van der Waals surface area contributed by atoms with Crippen LogP contribution in [-0.2, 0) is 6.54 Å². The van der Waals surface area contributed by atoms with Gasteiger partial charge in [-0.15, -0.1) is 0 Å². The first-order valence-electron chi connectivity index (χ1n) is 4.26. The van der Waals surface area contributed by atoms with Gasteiger partial charge in [-0.2, -0.15) is 0 Å². The molecule has 0 bridgehead atoms. The molecule has 2 heteroatoms. The first kappa shape index (κ1) is 11.1. The summed E-state index contributed by atoms with van der Waals surface area (Å²) < 4.78 is 0. The molecule has 2 nitrogen and oxygen atoms in total. The highest BCUT2D eigenvalue weighted by molar-refractivity contribution is 5.24. The second-order valence-corrected chi connectivity index (χ2v) is 2.26. The van der Waals surface area contributed by atoms with Crippen molar-refractivity contribution >= 4 is 0 Å². The molecule has 68 valence electrons. The zero-order chi connectivity index (χ0) is 9.40. The van der Waals surface area contributed by atoms with Crippen molar-refractivity contribution in [3.63, 3.8) is 0 Å². The van der Waals surface area contributed by atoms with Crippen molar-refractivity contribution in [2.45, 2.75) is 27.3 Å². The summed E-state index contributed by atoms with van der Waals surface area (Å²) in [5, 5.41) is 8.39. The normalized spacial score (nSPS) is 8.67. The molecule has 0 spiro atoms. The summed E-state index contributed by atoms with van der Waals surface area (Å²) >= 11 is 0. The Morgan fingerprint density at radius 2 is 1.83 bits per heavy atom. The van der Waals surface area contributed by atoms with Gasteiger partial charge in [0.25, 0.3) is 0 Å². The molecule has 0 saturated heterocycles. The maximum absolute atomic E-state index is 8.39. The van der Waals surface area contributed by atoms with Gasteiger partial charge in [0.1, 0.15) is 0 Å². The molecule has 0 aromatic heterocycles. The summed E-state index contributed by atoms with van der Waals surface area (Å²) in [6.45, 7) is 6.54. The van der Waals surface area contributed by atoms with Crippen LogP contribution < -0.4 is 5.48 Å². The van der Waals surface area contributed by atoms with Crippen molar-refractivity contribution in [2.24, 2.45) is 0 Å². The van der Waals surface area contributed by atoms with Gasteiger partial charge in [-0.1, -0.05) is 38.1 Å². The predicted molar refractivity (Wildman–Crippen MR) is 51.2 cm³/mol. The molecule has 1 aromatic carbocycles. The van der Waals surface area contributed by atoms with Crippen molar-refractivity contribution in [3.05, 3.63) is 35.4 Å². The molecular weight excluding hydrogens is 150 g/mol. The first-order valence-corrected chi connectivity index (χ1v) is 4.26. The lowest BCUT2D eigenvalue weighted by Gasteiger charge is -2.01. The number of benzene rings is 1. The van der Waals surface area contributed by atoms with Crippen LogP contribution >= 0.6 is 0 Å². The summed E-state index contributed by atoms with van der Waals surface area (Å²) in [7, 11) is 0. The smallest absolute Gasteiger partial charge is 0.0460 e. The maximum Gasteiger partial charge on any atom is 0.0460 e. The van der Waals surface area contributed by atoms with Gasteiger partial charge in [0, 0.05) is 6.54 Å². The molecule has 1 rings (SSSR count). The summed E-state index contributed by atoms with van der Waals surface area (Å²) in [5.74, 6) is 0. The number of aryl methyl sites for hydroxylation is 1. The van der Waals surface area contributed by atoms with E-state index in [4.69, 9.17) is 5.21 Å². The van der Waals surface area contributed by atoms with E-state index in [-0.39, 0.29) is 0 Å². The molecule has 0 heterocycles. The largest absolute Gasteiger partial charge is 0.316 e. The zero-order valence-corrected chi connectivity index (χ0v) is 7.96. The van der Waals surface area contributed by atoms with Gasteiger partial charge in [-0.3, -0.25) is 0 Å². The second-order valence-electron chi connectivity index (χ2n) is 2.26. The number of hydroxylamine groups is 1. The van der Waals surface area contributed by atoms with E-state index >= 15 is 0 Å². The Bertz CT molecular complexity index is 211. The Hall–Kier alpha value is -0.860. The van der Waals surface area contributed by atoms with Gasteiger partial charge in [-0.05, 0) is 18.1 Å². The lowest BCUT2D eigenvalue weighted by atomic mass is 10.1. The summed E-state index contributed by atoms with van der Waals surface area (Å²) in [5.41, 5.74) is 4.45. The lowest BCUT2D eigenvalue weighted by Crippen LogP contribution is -2.06. The van der Waals surface area contributed by atoms with Crippen molar-refractivity contribution in [1.82, 2.24) is 5.48 Å². The molecule has 0 amide bonds. The highest BCUT2D eigenvalue weighted by atomic mass is 16.5. The molecule has 12 heavy (non-hydrogen) atoms. The molecule has 0 saturated carbocycles. The molecule has 2 N–H and O–H groups in total. The van der Waals surface area contributed by atoms with Gasteiger partial charge in [0.05, 0.1) is 0 Å². The van der Waals surface area contributed by atoms with Crippen LogP contribution in [0.15, 0.2) is 24.3 Å². The SMILES string of the molecule is CC.Cc1ccccc1CNO. The fourth-order valence-corrected chi connectivity index (χ4v) is 0.894. The minimum atomic E-state index is 0.521. The van der Waals surface area contributed by atoms with Crippen molar-refractivity contribution in [3.8, 4) is 0 Å². The Kier molecular flexibility index (Phi) is 6.34. The molecule has 0 fully saturated rings. The van der Waals surface area contributed by atoms with Gasteiger partial charge in [0.15, 0.2) is 0 Å². The van der Waals surface area contributed by atoms with Crippen LogP contribution in [0.3, 0.4) is 0 Å². The third kappa shape index (κ3) is 3.51. The Morgan fingerprint density at radius 1 is 1.25 bits per heavy atom. The molecule has 0 atom stereocenters. The fourth-order valence-electron chi connectivity index (χ4n) is 0.894. The Balaban J connectivity index is 0.000000561. The van der Waals surface area contributed by atoms with E-state index < -0.39 is 0 Å². The van der Waals surface area contributed by atoms with E-state index in [9.17, 15) is 0 Å². The van der Waals surface area contributed by atoms with Gasteiger partial charge in [-0.25, -0.2) is 5.48 Å². The molecule has 0 aliphatic heterocycles. The molecule has 0 aliphatic rings. The third-order valence-electron chi connectivity index (χ3n) is 1.53.